The smallest absolute Gasteiger partial charge is 0.116 e. The molecular weight excluding hydrogens is 321 g/mol. The van der Waals surface area contributed by atoms with E-state index in [0.29, 0.717) is 0 Å². The molecule has 0 radical (unpaired) electrons. The number of benzene rings is 2. The van der Waals surface area contributed by atoms with Crippen LogP contribution in [0, 0.1) is 0 Å². The van der Waals surface area contributed by atoms with Crippen LogP contribution >= 0.6 is 34.5 Å². The zero-order chi connectivity index (χ0) is 14.7. The van der Waals surface area contributed by atoms with Crippen molar-refractivity contribution in [2.24, 2.45) is 0 Å². The summed E-state index contributed by atoms with van der Waals surface area (Å²) in [6, 6.07) is 15.4. The van der Waals surface area contributed by atoms with Gasteiger partial charge in [-0.1, -0.05) is 59.6 Å². The van der Waals surface area contributed by atoms with Crippen LogP contribution in [0.5, 0.6) is 0 Å². The van der Waals surface area contributed by atoms with Crippen LogP contribution in [-0.2, 0) is 0 Å². The van der Waals surface area contributed by atoms with Gasteiger partial charge in [-0.3, -0.25) is 0 Å². The van der Waals surface area contributed by atoms with Gasteiger partial charge in [0.2, 0.25) is 0 Å². The highest BCUT2D eigenvalue weighted by Gasteiger charge is 2.03. The summed E-state index contributed by atoms with van der Waals surface area (Å²) in [5, 5.41) is 4.45. The van der Waals surface area contributed by atoms with Crippen molar-refractivity contribution >= 4 is 46.7 Å². The van der Waals surface area contributed by atoms with Gasteiger partial charge in [-0.05, 0) is 29.8 Å². The van der Waals surface area contributed by atoms with Crippen LogP contribution < -0.4 is 0 Å². The van der Waals surface area contributed by atoms with E-state index in [1.165, 1.54) is 0 Å². The van der Waals surface area contributed by atoms with Crippen LogP contribution in [-0.4, -0.2) is 4.98 Å². The van der Waals surface area contributed by atoms with Gasteiger partial charge in [-0.2, -0.15) is 0 Å². The summed E-state index contributed by atoms with van der Waals surface area (Å²) in [5.74, 6) is 0. The molecule has 0 spiro atoms. The Morgan fingerprint density at radius 1 is 0.905 bits per heavy atom. The third kappa shape index (κ3) is 3.53. The topological polar surface area (TPSA) is 12.9 Å². The molecule has 0 bridgehead atoms. The molecule has 0 atom stereocenters. The molecule has 0 N–H and O–H groups in total. The fraction of sp³-hybridized carbons (Fsp3) is 0. The van der Waals surface area contributed by atoms with E-state index in [0.717, 1.165) is 31.9 Å². The maximum Gasteiger partial charge on any atom is 0.116 e. The van der Waals surface area contributed by atoms with E-state index >= 15 is 0 Å². The van der Waals surface area contributed by atoms with Crippen LogP contribution in [0.2, 0.25) is 10.0 Å². The standard InChI is InChI=1S/C17H11Cl2NS/c18-14-8-5-13(6-9-14)16-11-21-17(20-16)10-7-12-3-1-2-4-15(12)19/h1-11H. The number of hydrogen-bond donors (Lipinski definition) is 0. The first-order chi connectivity index (χ1) is 10.2. The largest absolute Gasteiger partial charge is 0.237 e. The number of hydrogen-bond acceptors (Lipinski definition) is 2. The van der Waals surface area contributed by atoms with E-state index < -0.39 is 0 Å². The van der Waals surface area contributed by atoms with E-state index in [1.807, 2.05) is 66.1 Å². The van der Waals surface area contributed by atoms with Crippen molar-refractivity contribution < 1.29 is 0 Å². The SMILES string of the molecule is Clc1ccc(-c2csc(C=Cc3ccccc3Cl)n2)cc1. The van der Waals surface area contributed by atoms with E-state index in [4.69, 9.17) is 23.2 Å². The molecule has 2 aromatic carbocycles. The van der Waals surface area contributed by atoms with Crippen molar-refractivity contribution in [2.45, 2.75) is 0 Å². The summed E-state index contributed by atoms with van der Waals surface area (Å²) in [6.07, 6.45) is 3.96. The number of rotatable bonds is 3. The van der Waals surface area contributed by atoms with Gasteiger partial charge in [0.25, 0.3) is 0 Å². The minimum absolute atomic E-state index is 0.729. The minimum Gasteiger partial charge on any atom is -0.237 e. The molecule has 4 heteroatoms. The minimum atomic E-state index is 0.729. The lowest BCUT2D eigenvalue weighted by Gasteiger charge is -1.96. The highest BCUT2D eigenvalue weighted by atomic mass is 35.5. The van der Waals surface area contributed by atoms with E-state index in [1.54, 1.807) is 11.3 Å². The Kier molecular flexibility index (Phi) is 4.39. The number of thiazole rings is 1. The van der Waals surface area contributed by atoms with Gasteiger partial charge < -0.3 is 0 Å². The molecule has 1 aromatic heterocycles. The second-order valence-electron chi connectivity index (χ2n) is 4.43. The zero-order valence-electron chi connectivity index (χ0n) is 11.0. The predicted molar refractivity (Wildman–Crippen MR) is 92.9 cm³/mol. The molecular formula is C17H11Cl2NS. The quantitative estimate of drug-likeness (QED) is 0.549. The third-order valence-electron chi connectivity index (χ3n) is 2.97. The van der Waals surface area contributed by atoms with Crippen LogP contribution in [0.15, 0.2) is 53.9 Å². The zero-order valence-corrected chi connectivity index (χ0v) is 13.3. The lowest BCUT2D eigenvalue weighted by molar-refractivity contribution is 1.38. The number of nitrogens with zero attached hydrogens (tertiary/aromatic N) is 1. The van der Waals surface area contributed by atoms with Crippen molar-refractivity contribution in [1.29, 1.82) is 0 Å². The second kappa shape index (κ2) is 6.44. The normalized spacial score (nSPS) is 11.1. The molecule has 0 saturated carbocycles. The Bertz CT molecular complexity index is 775. The summed E-state index contributed by atoms with van der Waals surface area (Å²) in [6.45, 7) is 0. The van der Waals surface area contributed by atoms with Gasteiger partial charge in [-0.15, -0.1) is 11.3 Å². The summed E-state index contributed by atoms with van der Waals surface area (Å²) in [7, 11) is 0. The van der Waals surface area contributed by atoms with Crippen molar-refractivity contribution in [1.82, 2.24) is 4.98 Å². The Morgan fingerprint density at radius 3 is 2.43 bits per heavy atom. The average Bonchev–Trinajstić information content (AvgIpc) is 2.96. The van der Waals surface area contributed by atoms with E-state index in [9.17, 15) is 0 Å². The third-order valence-corrected chi connectivity index (χ3v) is 4.38. The van der Waals surface area contributed by atoms with E-state index in [2.05, 4.69) is 4.98 Å². The highest BCUT2D eigenvalue weighted by molar-refractivity contribution is 7.10. The molecule has 21 heavy (non-hydrogen) atoms. The maximum atomic E-state index is 6.13. The number of halogens is 2. The van der Waals surface area contributed by atoms with Crippen molar-refractivity contribution in [3.05, 3.63) is 74.5 Å². The van der Waals surface area contributed by atoms with Gasteiger partial charge >= 0.3 is 0 Å². The Hall–Kier alpha value is -1.61. The lowest BCUT2D eigenvalue weighted by Crippen LogP contribution is -1.78. The van der Waals surface area contributed by atoms with Crippen molar-refractivity contribution in [3.63, 3.8) is 0 Å². The average molecular weight is 332 g/mol. The second-order valence-corrected chi connectivity index (χ2v) is 6.17. The molecule has 0 aliphatic carbocycles. The van der Waals surface area contributed by atoms with Gasteiger partial charge in [0.1, 0.15) is 5.01 Å². The molecule has 3 rings (SSSR count). The summed E-state index contributed by atoms with van der Waals surface area (Å²) in [4.78, 5) is 4.60. The molecule has 0 unspecified atom stereocenters. The van der Waals surface area contributed by atoms with Crippen LogP contribution in [0.25, 0.3) is 23.4 Å². The first kappa shape index (κ1) is 14.3. The fourth-order valence-corrected chi connectivity index (χ4v) is 2.93. The molecule has 0 aliphatic rings. The summed E-state index contributed by atoms with van der Waals surface area (Å²) < 4.78 is 0. The Balaban J connectivity index is 1.82. The maximum absolute atomic E-state index is 6.13. The van der Waals surface area contributed by atoms with Gasteiger partial charge in [0.05, 0.1) is 5.69 Å². The first-order valence-electron chi connectivity index (χ1n) is 6.36. The van der Waals surface area contributed by atoms with Crippen LogP contribution in [0.4, 0.5) is 0 Å². The van der Waals surface area contributed by atoms with Crippen LogP contribution in [0.3, 0.4) is 0 Å². The van der Waals surface area contributed by atoms with Gasteiger partial charge in [0.15, 0.2) is 0 Å². The lowest BCUT2D eigenvalue weighted by atomic mass is 10.2. The molecule has 0 aliphatic heterocycles. The highest BCUT2D eigenvalue weighted by Crippen LogP contribution is 2.25. The summed E-state index contributed by atoms with van der Waals surface area (Å²) >= 11 is 13.6. The first-order valence-corrected chi connectivity index (χ1v) is 8.00. The summed E-state index contributed by atoms with van der Waals surface area (Å²) in [5.41, 5.74) is 3.01. The molecule has 104 valence electrons. The molecule has 0 amide bonds. The molecule has 0 fully saturated rings. The van der Waals surface area contributed by atoms with Crippen LogP contribution in [0.1, 0.15) is 10.6 Å². The fourth-order valence-electron chi connectivity index (χ4n) is 1.89. The Labute approximate surface area is 137 Å². The van der Waals surface area contributed by atoms with E-state index in [-0.39, 0.29) is 0 Å². The van der Waals surface area contributed by atoms with Gasteiger partial charge in [0, 0.05) is 21.0 Å². The van der Waals surface area contributed by atoms with Crippen molar-refractivity contribution in [3.8, 4) is 11.3 Å². The molecule has 1 heterocycles. The van der Waals surface area contributed by atoms with Gasteiger partial charge in [-0.25, -0.2) is 4.98 Å². The molecule has 0 saturated heterocycles. The molecule has 3 aromatic rings. The predicted octanol–water partition coefficient (Wildman–Crippen LogP) is 6.29. The number of aromatic nitrogens is 1. The monoisotopic (exact) mass is 331 g/mol. The van der Waals surface area contributed by atoms with Crippen molar-refractivity contribution in [2.75, 3.05) is 0 Å². The Morgan fingerprint density at radius 2 is 1.67 bits per heavy atom. The molecule has 1 nitrogen and oxygen atoms in total.